The van der Waals surface area contributed by atoms with Crippen molar-refractivity contribution in [2.45, 2.75) is 13.8 Å². The third kappa shape index (κ3) is 5.18. The average molecular weight is 545 g/mol. The fourth-order valence-electron chi connectivity index (χ4n) is 4.54. The highest BCUT2D eigenvalue weighted by molar-refractivity contribution is 8.18. The smallest absolute Gasteiger partial charge is 0.290 e. The summed E-state index contributed by atoms with van der Waals surface area (Å²) in [5, 5.41) is 2.38. The minimum atomic E-state index is -0.404. The van der Waals surface area contributed by atoms with Gasteiger partial charge in [-0.3, -0.25) is 19.7 Å². The Kier molecular flexibility index (Phi) is 7.26. The van der Waals surface area contributed by atoms with E-state index in [1.807, 2.05) is 30.7 Å². The molecule has 4 aromatic rings. The van der Waals surface area contributed by atoms with Crippen molar-refractivity contribution in [3.63, 3.8) is 0 Å². The summed E-state index contributed by atoms with van der Waals surface area (Å²) in [5.41, 5.74) is 3.82. The van der Waals surface area contributed by atoms with Crippen molar-refractivity contribution >= 4 is 39.4 Å². The van der Waals surface area contributed by atoms with E-state index in [-0.39, 0.29) is 29.6 Å². The van der Waals surface area contributed by atoms with E-state index in [4.69, 9.17) is 9.47 Å². The highest BCUT2D eigenvalue weighted by atomic mass is 32.2. The number of hydrogen-bond donors (Lipinski definition) is 1. The van der Waals surface area contributed by atoms with Gasteiger partial charge in [0.15, 0.2) is 5.75 Å². The van der Waals surface area contributed by atoms with Crippen molar-refractivity contribution in [1.82, 2.24) is 9.88 Å². The molecule has 1 aromatic heterocycles. The summed E-state index contributed by atoms with van der Waals surface area (Å²) in [7, 11) is 1.83. The number of hydrogen-bond acceptors (Lipinski definition) is 6. The van der Waals surface area contributed by atoms with Crippen LogP contribution in [-0.4, -0.2) is 28.9 Å². The second kappa shape index (κ2) is 10.8. The number of thioether (sulfide) groups is 1. The first-order valence-corrected chi connectivity index (χ1v) is 13.0. The first-order valence-electron chi connectivity index (χ1n) is 12.2. The number of imide groups is 1. The zero-order valence-electron chi connectivity index (χ0n) is 21.5. The van der Waals surface area contributed by atoms with Crippen LogP contribution in [0.5, 0.6) is 11.5 Å². The Hall–Kier alpha value is -4.37. The lowest BCUT2D eigenvalue weighted by Gasteiger charge is -2.19. The summed E-state index contributed by atoms with van der Waals surface area (Å²) in [6.45, 7) is 3.88. The number of carbonyl (C=O) groups is 2. The Bertz CT molecular complexity index is 1710. The van der Waals surface area contributed by atoms with Gasteiger partial charge in [-0.05, 0) is 78.7 Å². The minimum Gasteiger partial charge on any atom is -0.490 e. The molecule has 39 heavy (non-hydrogen) atoms. The molecule has 5 rings (SSSR count). The molecule has 7 nitrogen and oxygen atoms in total. The predicted octanol–water partition coefficient (Wildman–Crippen LogP) is 5.82. The number of halogens is 1. The fourth-order valence-corrected chi connectivity index (χ4v) is 5.29. The molecular weight excluding hydrogens is 519 g/mol. The van der Waals surface area contributed by atoms with E-state index in [1.54, 1.807) is 49.4 Å². The number of para-hydroxylation sites is 1. The van der Waals surface area contributed by atoms with Crippen molar-refractivity contribution < 1.29 is 23.5 Å². The van der Waals surface area contributed by atoms with Crippen LogP contribution >= 0.6 is 11.8 Å². The van der Waals surface area contributed by atoms with Gasteiger partial charge in [-0.2, -0.15) is 0 Å². The zero-order valence-corrected chi connectivity index (χ0v) is 22.4. The third-order valence-electron chi connectivity index (χ3n) is 6.56. The lowest BCUT2D eigenvalue weighted by atomic mass is 10.0. The van der Waals surface area contributed by atoms with Crippen molar-refractivity contribution in [3.8, 4) is 22.8 Å². The van der Waals surface area contributed by atoms with Crippen LogP contribution in [0.15, 0.2) is 76.4 Å². The zero-order chi connectivity index (χ0) is 27.7. The van der Waals surface area contributed by atoms with Gasteiger partial charge >= 0.3 is 0 Å². The summed E-state index contributed by atoms with van der Waals surface area (Å²) < 4.78 is 27.9. The van der Waals surface area contributed by atoms with Crippen molar-refractivity contribution in [3.05, 3.63) is 98.8 Å². The van der Waals surface area contributed by atoms with Crippen molar-refractivity contribution in [1.29, 1.82) is 0 Å². The molecule has 1 saturated heterocycles. The number of ether oxygens (including phenoxy) is 2. The maximum atomic E-state index is 14.2. The molecule has 1 aliphatic heterocycles. The Morgan fingerprint density at radius 2 is 1.69 bits per heavy atom. The van der Waals surface area contributed by atoms with Crippen LogP contribution < -0.4 is 20.2 Å². The monoisotopic (exact) mass is 544 g/mol. The van der Waals surface area contributed by atoms with Crippen LogP contribution in [0, 0.1) is 12.7 Å². The quantitative estimate of drug-likeness (QED) is 0.233. The van der Waals surface area contributed by atoms with E-state index >= 15 is 0 Å². The molecule has 3 aromatic carbocycles. The van der Waals surface area contributed by atoms with Crippen LogP contribution in [0.4, 0.5) is 9.18 Å². The molecule has 0 spiro atoms. The SMILES string of the molecule is C/C(=C1\SC(=O)NC1=O)c1ccc(OCCOc2c(-c3cc(F)ccc3C)n(C)c3ccccc3c2=O)cc1. The number of fused-ring (bicyclic) bond motifs is 1. The highest BCUT2D eigenvalue weighted by Gasteiger charge is 2.27. The molecule has 0 atom stereocenters. The molecule has 0 bridgehead atoms. The summed E-state index contributed by atoms with van der Waals surface area (Å²) in [6, 6.07) is 18.8. The summed E-state index contributed by atoms with van der Waals surface area (Å²) in [6.07, 6.45) is 0. The van der Waals surface area contributed by atoms with E-state index in [9.17, 15) is 18.8 Å². The second-order valence-corrected chi connectivity index (χ2v) is 10.0. The molecule has 0 radical (unpaired) electrons. The van der Waals surface area contributed by atoms with E-state index in [0.29, 0.717) is 38.4 Å². The number of carbonyl (C=O) groups excluding carboxylic acids is 2. The highest BCUT2D eigenvalue weighted by Crippen LogP contribution is 2.34. The normalized spacial score (nSPS) is 14.5. The summed E-state index contributed by atoms with van der Waals surface area (Å²) in [5.74, 6) is -0.0912. The van der Waals surface area contributed by atoms with Gasteiger partial charge in [-0.1, -0.05) is 30.3 Å². The van der Waals surface area contributed by atoms with Gasteiger partial charge in [0, 0.05) is 18.0 Å². The van der Waals surface area contributed by atoms with Gasteiger partial charge in [-0.25, -0.2) is 4.39 Å². The number of allylic oxidation sites excluding steroid dienone is 1. The molecular formula is C30H25FN2O5S. The molecule has 1 aliphatic rings. The Morgan fingerprint density at radius 3 is 2.41 bits per heavy atom. The van der Waals surface area contributed by atoms with Gasteiger partial charge in [0.25, 0.3) is 11.1 Å². The Morgan fingerprint density at radius 1 is 0.974 bits per heavy atom. The standard InChI is InChI=1S/C30H25FN2O5S/c1-17-8-11-20(31)16-23(17)25-27(26(34)22-6-4-5-7-24(22)33(25)3)38-15-14-37-21-12-9-19(10-13-21)18(2)28-29(35)32-30(36)39-28/h4-13,16H,14-15H2,1-3H3,(H,32,35,36)/b28-18+. The third-order valence-corrected chi connectivity index (χ3v) is 7.55. The number of amides is 2. The number of nitrogens with zero attached hydrogens (tertiary/aromatic N) is 1. The predicted molar refractivity (Wildman–Crippen MR) is 150 cm³/mol. The van der Waals surface area contributed by atoms with Gasteiger partial charge in [0.1, 0.15) is 24.8 Å². The molecule has 0 saturated carbocycles. The fraction of sp³-hybridized carbons (Fsp3) is 0.167. The topological polar surface area (TPSA) is 86.6 Å². The summed E-state index contributed by atoms with van der Waals surface area (Å²) in [4.78, 5) is 37.2. The number of benzene rings is 3. The molecule has 1 fully saturated rings. The maximum absolute atomic E-state index is 14.2. The number of aromatic nitrogens is 1. The van der Waals surface area contributed by atoms with Crippen LogP contribution in [0.25, 0.3) is 27.7 Å². The van der Waals surface area contributed by atoms with E-state index < -0.39 is 11.7 Å². The number of nitrogens with one attached hydrogen (secondary N) is 1. The molecule has 1 N–H and O–H groups in total. The van der Waals surface area contributed by atoms with Gasteiger partial charge in [-0.15, -0.1) is 0 Å². The van der Waals surface area contributed by atoms with Crippen LogP contribution in [0.2, 0.25) is 0 Å². The van der Waals surface area contributed by atoms with Gasteiger partial charge in [0.2, 0.25) is 5.43 Å². The largest absolute Gasteiger partial charge is 0.490 e. The number of pyridine rings is 1. The molecule has 2 amide bonds. The number of rotatable bonds is 7. The molecule has 9 heteroatoms. The van der Waals surface area contributed by atoms with E-state index in [1.165, 1.54) is 12.1 Å². The maximum Gasteiger partial charge on any atom is 0.290 e. The Labute approximate surface area is 228 Å². The van der Waals surface area contributed by atoms with E-state index in [0.717, 1.165) is 22.9 Å². The number of aryl methyl sites for hydroxylation is 2. The van der Waals surface area contributed by atoms with Gasteiger partial charge < -0.3 is 14.0 Å². The molecule has 198 valence electrons. The lowest BCUT2D eigenvalue weighted by molar-refractivity contribution is -0.115. The lowest BCUT2D eigenvalue weighted by Crippen LogP contribution is -2.19. The minimum absolute atomic E-state index is 0.0820. The first-order chi connectivity index (χ1) is 18.7. The van der Waals surface area contributed by atoms with Crippen molar-refractivity contribution in [2.75, 3.05) is 13.2 Å². The average Bonchev–Trinajstić information content (AvgIpc) is 3.28. The van der Waals surface area contributed by atoms with Crippen LogP contribution in [0.3, 0.4) is 0 Å². The summed E-state index contributed by atoms with van der Waals surface area (Å²) >= 11 is 0.884. The van der Waals surface area contributed by atoms with Gasteiger partial charge in [0.05, 0.1) is 16.1 Å². The second-order valence-electron chi connectivity index (χ2n) is 9.06. The molecule has 0 aliphatic carbocycles. The van der Waals surface area contributed by atoms with Crippen LogP contribution in [0.1, 0.15) is 18.1 Å². The molecule has 0 unspecified atom stereocenters. The van der Waals surface area contributed by atoms with Crippen LogP contribution in [-0.2, 0) is 11.8 Å². The first kappa shape index (κ1) is 26.2. The Balaban J connectivity index is 1.36. The van der Waals surface area contributed by atoms with Crippen molar-refractivity contribution in [2.24, 2.45) is 7.05 Å². The van der Waals surface area contributed by atoms with E-state index in [2.05, 4.69) is 5.32 Å². The molecule has 2 heterocycles.